The molecule has 4 rings (SSSR count). The van der Waals surface area contributed by atoms with Crippen molar-refractivity contribution in [3.05, 3.63) is 30.1 Å². The average molecular weight is 516 g/mol. The normalized spacial score (nSPS) is 24.6. The topological polar surface area (TPSA) is 154 Å². The number of aromatic nitrogens is 1. The molecule has 2 aliphatic heterocycles. The number of nitrogens with one attached hydrogen (secondary N) is 2. The minimum absolute atomic E-state index is 0.106. The number of rotatable bonds is 8. The minimum Gasteiger partial charge on any atom is -0.448 e. The molecule has 3 fully saturated rings. The number of hydroxylamine groups is 2. The Bertz CT molecular complexity index is 971. The summed E-state index contributed by atoms with van der Waals surface area (Å²) < 4.78 is 5.68. The summed E-state index contributed by atoms with van der Waals surface area (Å²) in [4.78, 5) is 53.1. The first-order valence-electron chi connectivity index (χ1n) is 13.1. The highest BCUT2D eigenvalue weighted by Gasteiger charge is 2.52. The van der Waals surface area contributed by atoms with E-state index in [4.69, 9.17) is 20.7 Å². The van der Waals surface area contributed by atoms with Gasteiger partial charge in [0.2, 0.25) is 5.91 Å². The van der Waals surface area contributed by atoms with E-state index in [0.29, 0.717) is 32.0 Å². The van der Waals surface area contributed by atoms with Crippen LogP contribution in [0.5, 0.6) is 0 Å². The molecule has 1 aromatic rings. The van der Waals surface area contributed by atoms with Crippen molar-refractivity contribution in [1.29, 1.82) is 5.41 Å². The summed E-state index contributed by atoms with van der Waals surface area (Å²) in [5.41, 5.74) is 6.23. The maximum absolute atomic E-state index is 13.4. The lowest BCUT2D eigenvalue weighted by molar-refractivity contribution is -0.267. The summed E-state index contributed by atoms with van der Waals surface area (Å²) >= 11 is 0. The molecule has 1 aliphatic carbocycles. The molecular formula is C25H37N7O5. The van der Waals surface area contributed by atoms with Gasteiger partial charge in [-0.3, -0.25) is 24.8 Å². The van der Waals surface area contributed by atoms with E-state index in [2.05, 4.69) is 10.3 Å². The van der Waals surface area contributed by atoms with Crippen LogP contribution in [-0.4, -0.2) is 81.7 Å². The summed E-state index contributed by atoms with van der Waals surface area (Å²) in [5.74, 6) is -0.374. The summed E-state index contributed by atoms with van der Waals surface area (Å²) in [7, 11) is 0. The highest BCUT2D eigenvalue weighted by molar-refractivity contribution is 5.91. The van der Waals surface area contributed by atoms with Crippen molar-refractivity contribution in [2.75, 3.05) is 19.7 Å². The number of pyridine rings is 1. The Hall–Kier alpha value is -3.41. The molecule has 1 saturated carbocycles. The zero-order chi connectivity index (χ0) is 26.4. The largest absolute Gasteiger partial charge is 0.448 e. The maximum Gasteiger partial charge on any atom is 0.436 e. The first-order valence-corrected chi connectivity index (χ1v) is 13.1. The Kier molecular flexibility index (Phi) is 8.80. The lowest BCUT2D eigenvalue weighted by Crippen LogP contribution is -2.72. The molecule has 0 aromatic carbocycles. The van der Waals surface area contributed by atoms with E-state index in [-0.39, 0.29) is 30.7 Å². The van der Waals surface area contributed by atoms with Crippen LogP contribution in [0.25, 0.3) is 0 Å². The molecule has 0 spiro atoms. The fourth-order valence-corrected chi connectivity index (χ4v) is 5.27. The lowest BCUT2D eigenvalue weighted by atomic mass is 9.90. The second kappa shape index (κ2) is 12.2. The highest BCUT2D eigenvalue weighted by atomic mass is 16.7. The smallest absolute Gasteiger partial charge is 0.436 e. The monoisotopic (exact) mass is 515 g/mol. The predicted molar refractivity (Wildman–Crippen MR) is 134 cm³/mol. The molecule has 1 aromatic heterocycles. The summed E-state index contributed by atoms with van der Waals surface area (Å²) in [6, 6.07) is 2.88. The number of hydrogen-bond acceptors (Lipinski definition) is 7. The van der Waals surface area contributed by atoms with Crippen LogP contribution in [0.1, 0.15) is 57.4 Å². The summed E-state index contributed by atoms with van der Waals surface area (Å²) in [5, 5.41) is 11.1. The van der Waals surface area contributed by atoms with Crippen molar-refractivity contribution in [1.82, 2.24) is 25.2 Å². The second-order valence-electron chi connectivity index (χ2n) is 9.96. The number of guanidine groups is 1. The van der Waals surface area contributed by atoms with E-state index in [1.807, 2.05) is 12.1 Å². The van der Waals surface area contributed by atoms with Crippen LogP contribution in [0.4, 0.5) is 4.79 Å². The van der Waals surface area contributed by atoms with Crippen LogP contribution < -0.4 is 11.1 Å². The molecule has 0 unspecified atom stereocenters. The van der Waals surface area contributed by atoms with Gasteiger partial charge in [0.15, 0.2) is 18.2 Å². The number of nitrogens with zero attached hydrogens (tertiary/aromatic N) is 4. The van der Waals surface area contributed by atoms with E-state index in [1.165, 1.54) is 11.3 Å². The van der Waals surface area contributed by atoms with Gasteiger partial charge in [-0.2, -0.15) is 5.06 Å². The lowest BCUT2D eigenvalue weighted by Gasteiger charge is -2.51. The Morgan fingerprint density at radius 1 is 1.22 bits per heavy atom. The van der Waals surface area contributed by atoms with Gasteiger partial charge in [0.1, 0.15) is 6.04 Å². The molecule has 202 valence electrons. The van der Waals surface area contributed by atoms with Crippen molar-refractivity contribution in [2.24, 2.45) is 11.7 Å². The van der Waals surface area contributed by atoms with Crippen LogP contribution in [0.15, 0.2) is 24.5 Å². The molecule has 3 heterocycles. The Morgan fingerprint density at radius 2 is 1.95 bits per heavy atom. The Labute approximate surface area is 216 Å². The second-order valence-corrected chi connectivity index (χ2v) is 9.96. The SMILES string of the molecule is C[C@H]1C(=O)N(Cc2ccncc2)C[C@@H]2N(C(=O)OCC3CCCCC3)O[C@@H](CCCNC(=N)N)C(=O)N21. The van der Waals surface area contributed by atoms with Crippen molar-refractivity contribution in [2.45, 2.75) is 76.7 Å². The summed E-state index contributed by atoms with van der Waals surface area (Å²) in [6.45, 7) is 2.80. The number of ether oxygens (including phenoxy) is 1. The quantitative estimate of drug-likeness (QED) is 0.268. The van der Waals surface area contributed by atoms with Gasteiger partial charge in [-0.25, -0.2) is 4.79 Å². The van der Waals surface area contributed by atoms with E-state index in [9.17, 15) is 14.4 Å². The van der Waals surface area contributed by atoms with Crippen LogP contribution >= 0.6 is 0 Å². The van der Waals surface area contributed by atoms with Gasteiger partial charge in [-0.1, -0.05) is 19.3 Å². The Morgan fingerprint density at radius 3 is 2.65 bits per heavy atom. The van der Waals surface area contributed by atoms with Crippen molar-refractivity contribution >= 4 is 23.9 Å². The van der Waals surface area contributed by atoms with E-state index in [1.54, 1.807) is 24.2 Å². The molecular weight excluding hydrogens is 478 g/mol. The number of amides is 3. The fourth-order valence-electron chi connectivity index (χ4n) is 5.27. The summed E-state index contributed by atoms with van der Waals surface area (Å²) in [6.07, 6.45) is 7.22. The molecule has 0 bridgehead atoms. The number of nitrogens with two attached hydrogens (primary N) is 1. The van der Waals surface area contributed by atoms with E-state index >= 15 is 0 Å². The number of piperazine rings is 1. The van der Waals surface area contributed by atoms with Gasteiger partial charge in [-0.05, 0) is 56.2 Å². The van der Waals surface area contributed by atoms with E-state index < -0.39 is 24.4 Å². The van der Waals surface area contributed by atoms with Crippen molar-refractivity contribution in [3.8, 4) is 0 Å². The van der Waals surface area contributed by atoms with Gasteiger partial charge in [0.05, 0.1) is 13.2 Å². The standard InChI is InChI=1S/C25H37N7O5/c1-17-22(33)30(14-18-9-12-28-13-10-18)15-21-31(17)23(34)20(8-5-11-29-24(26)27)37-32(21)25(35)36-16-19-6-3-2-4-7-19/h9-10,12-13,17,19-21H,2-8,11,14-16H2,1H3,(H4,26,27,29)/t17-,20-,21-/m0/s1. The van der Waals surface area contributed by atoms with Gasteiger partial charge in [0.25, 0.3) is 5.91 Å². The molecule has 37 heavy (non-hydrogen) atoms. The number of carbonyl (C=O) groups excluding carboxylic acids is 3. The number of carbonyl (C=O) groups is 3. The highest BCUT2D eigenvalue weighted by Crippen LogP contribution is 2.30. The minimum atomic E-state index is -0.950. The first-order chi connectivity index (χ1) is 17.8. The number of fused-ring (bicyclic) bond motifs is 1. The molecule has 3 atom stereocenters. The van der Waals surface area contributed by atoms with Crippen molar-refractivity contribution < 1.29 is 24.0 Å². The first kappa shape index (κ1) is 26.6. The fraction of sp³-hybridized carbons (Fsp3) is 0.640. The van der Waals surface area contributed by atoms with Crippen LogP contribution in [0, 0.1) is 11.3 Å². The molecule has 12 nitrogen and oxygen atoms in total. The molecule has 12 heteroatoms. The maximum atomic E-state index is 13.4. The average Bonchev–Trinajstić information content (AvgIpc) is 2.90. The zero-order valence-corrected chi connectivity index (χ0v) is 21.3. The van der Waals surface area contributed by atoms with Crippen LogP contribution in [0.3, 0.4) is 0 Å². The third-order valence-corrected chi connectivity index (χ3v) is 7.26. The van der Waals surface area contributed by atoms with Gasteiger partial charge in [-0.15, -0.1) is 0 Å². The van der Waals surface area contributed by atoms with Crippen LogP contribution in [-0.2, 0) is 25.7 Å². The third kappa shape index (κ3) is 6.48. The Balaban J connectivity index is 1.50. The predicted octanol–water partition coefficient (Wildman–Crippen LogP) is 1.56. The van der Waals surface area contributed by atoms with Gasteiger partial charge < -0.3 is 25.6 Å². The molecule has 3 aliphatic rings. The van der Waals surface area contributed by atoms with Gasteiger partial charge in [0, 0.05) is 25.5 Å². The molecule has 3 amide bonds. The molecule has 2 saturated heterocycles. The zero-order valence-electron chi connectivity index (χ0n) is 21.3. The van der Waals surface area contributed by atoms with Crippen molar-refractivity contribution in [3.63, 3.8) is 0 Å². The van der Waals surface area contributed by atoms with Crippen LogP contribution in [0.2, 0.25) is 0 Å². The van der Waals surface area contributed by atoms with E-state index in [0.717, 1.165) is 36.3 Å². The molecule has 0 radical (unpaired) electrons. The van der Waals surface area contributed by atoms with Gasteiger partial charge >= 0.3 is 6.09 Å². The number of hydrogen-bond donors (Lipinski definition) is 3. The third-order valence-electron chi connectivity index (χ3n) is 7.26. The molecule has 4 N–H and O–H groups in total.